The Kier molecular flexibility index (Phi) is 3.18. The van der Waals surface area contributed by atoms with Crippen molar-refractivity contribution < 1.29 is 22.0 Å². The molecule has 1 aromatic carbocycles. The van der Waals surface area contributed by atoms with Gasteiger partial charge in [-0.1, -0.05) is 6.07 Å². The normalized spacial score (nSPS) is 11.4. The zero-order chi connectivity index (χ0) is 11.6. The molecular weight excluding hydrogens is 226 g/mol. The van der Waals surface area contributed by atoms with E-state index in [1.807, 2.05) is 0 Å². The van der Waals surface area contributed by atoms with E-state index in [9.17, 15) is 22.0 Å². The number of hydrogen-bond donors (Lipinski definition) is 0. The van der Waals surface area contributed by atoms with Crippen LogP contribution >= 0.6 is 0 Å². The van der Waals surface area contributed by atoms with Gasteiger partial charge in [-0.2, -0.15) is 0 Å². The zero-order valence-corrected chi connectivity index (χ0v) is 8.64. The Morgan fingerprint density at radius 1 is 1.27 bits per heavy atom. The third kappa shape index (κ3) is 3.09. The number of hydrogen-bond acceptors (Lipinski definition) is 3. The Labute approximate surface area is 85.6 Å². The highest BCUT2D eigenvalue weighted by Gasteiger charge is 2.20. The molecule has 0 atom stereocenters. The minimum absolute atomic E-state index is 0.803. The molecule has 0 aliphatic rings. The quantitative estimate of drug-likeness (QED) is 0.738. The van der Waals surface area contributed by atoms with Gasteiger partial charge >= 0.3 is 0 Å². The number of carbonyl (C=O) groups is 1. The summed E-state index contributed by atoms with van der Waals surface area (Å²) in [5.74, 6) is -4.08. The smallest absolute Gasteiger partial charge is 0.183 e. The van der Waals surface area contributed by atoms with Gasteiger partial charge < -0.3 is 0 Å². The number of rotatable bonds is 3. The highest BCUT2D eigenvalue weighted by molar-refractivity contribution is 7.91. The fourth-order valence-electron chi connectivity index (χ4n) is 1.07. The maximum absolute atomic E-state index is 13.0. The summed E-state index contributed by atoms with van der Waals surface area (Å²) in [7, 11) is -3.59. The topological polar surface area (TPSA) is 51.2 Å². The summed E-state index contributed by atoms with van der Waals surface area (Å²) >= 11 is 0. The average Bonchev–Trinajstić information content (AvgIpc) is 1.99. The van der Waals surface area contributed by atoms with Crippen LogP contribution < -0.4 is 0 Å². The van der Waals surface area contributed by atoms with Crippen molar-refractivity contribution in [3.05, 3.63) is 35.4 Å². The Bertz CT molecular complexity index is 474. The first-order valence-corrected chi connectivity index (χ1v) is 6.02. The molecule has 1 aromatic rings. The largest absolute Gasteiger partial charge is 0.293 e. The molecular formula is C9H8F2O3S. The molecule has 0 aliphatic heterocycles. The van der Waals surface area contributed by atoms with Crippen LogP contribution in [0.15, 0.2) is 18.2 Å². The summed E-state index contributed by atoms with van der Waals surface area (Å²) in [6.07, 6.45) is 0.823. The number of benzene rings is 1. The number of halogens is 2. The second kappa shape index (κ2) is 4.06. The molecule has 0 unspecified atom stereocenters. The van der Waals surface area contributed by atoms with Crippen molar-refractivity contribution in [3.8, 4) is 0 Å². The van der Waals surface area contributed by atoms with Crippen LogP contribution in [0.25, 0.3) is 0 Å². The number of ketones is 1. The second-order valence-corrected chi connectivity index (χ2v) is 5.23. The summed E-state index contributed by atoms with van der Waals surface area (Å²) in [5.41, 5.74) is -0.803. The van der Waals surface area contributed by atoms with Crippen molar-refractivity contribution in [3.63, 3.8) is 0 Å². The van der Waals surface area contributed by atoms with Crippen molar-refractivity contribution >= 4 is 15.6 Å². The van der Waals surface area contributed by atoms with Crippen molar-refractivity contribution in [1.82, 2.24) is 0 Å². The zero-order valence-electron chi connectivity index (χ0n) is 7.83. The lowest BCUT2D eigenvalue weighted by Gasteiger charge is -2.02. The molecule has 0 bridgehead atoms. The van der Waals surface area contributed by atoms with Crippen molar-refractivity contribution in [1.29, 1.82) is 0 Å². The van der Waals surface area contributed by atoms with E-state index in [-0.39, 0.29) is 0 Å². The van der Waals surface area contributed by atoms with Crippen molar-refractivity contribution in [2.75, 3.05) is 12.0 Å². The molecule has 1 rings (SSSR count). The van der Waals surface area contributed by atoms with Gasteiger partial charge in [0.1, 0.15) is 17.4 Å². The third-order valence-electron chi connectivity index (χ3n) is 1.63. The number of carbonyl (C=O) groups excluding carboxylic acids is 1. The Morgan fingerprint density at radius 2 is 1.73 bits per heavy atom. The lowest BCUT2D eigenvalue weighted by Crippen LogP contribution is -2.17. The summed E-state index contributed by atoms with van der Waals surface area (Å²) < 4.78 is 47.6. The van der Waals surface area contributed by atoms with Crippen LogP contribution in [0.2, 0.25) is 0 Å². The molecule has 82 valence electrons. The summed E-state index contributed by atoms with van der Waals surface area (Å²) in [4.78, 5) is 11.2. The van der Waals surface area contributed by atoms with E-state index in [0.29, 0.717) is 0 Å². The van der Waals surface area contributed by atoms with Crippen LogP contribution in [-0.2, 0) is 9.84 Å². The molecule has 0 heterocycles. The highest BCUT2D eigenvalue weighted by atomic mass is 32.2. The van der Waals surface area contributed by atoms with Gasteiger partial charge in [0.2, 0.25) is 0 Å². The maximum Gasteiger partial charge on any atom is 0.183 e. The molecule has 0 aliphatic carbocycles. The van der Waals surface area contributed by atoms with Gasteiger partial charge in [-0.05, 0) is 12.1 Å². The average molecular weight is 234 g/mol. The van der Waals surface area contributed by atoms with E-state index in [0.717, 1.165) is 24.5 Å². The molecule has 0 spiro atoms. The monoisotopic (exact) mass is 234 g/mol. The van der Waals surface area contributed by atoms with Gasteiger partial charge in [-0.3, -0.25) is 4.79 Å². The van der Waals surface area contributed by atoms with Gasteiger partial charge in [0.05, 0.1) is 5.56 Å². The predicted octanol–water partition coefficient (Wildman–Crippen LogP) is 1.19. The summed E-state index contributed by atoms with van der Waals surface area (Å²) in [5, 5.41) is 0. The lowest BCUT2D eigenvalue weighted by atomic mass is 10.1. The Hall–Kier alpha value is -1.30. The molecule has 0 saturated carbocycles. The van der Waals surface area contributed by atoms with Crippen LogP contribution in [-0.4, -0.2) is 26.2 Å². The van der Waals surface area contributed by atoms with Crippen LogP contribution in [0.1, 0.15) is 10.4 Å². The molecule has 0 radical (unpaired) electrons. The van der Waals surface area contributed by atoms with Crippen LogP contribution in [0.5, 0.6) is 0 Å². The van der Waals surface area contributed by atoms with Crippen LogP contribution in [0.4, 0.5) is 8.78 Å². The van der Waals surface area contributed by atoms with Crippen LogP contribution in [0, 0.1) is 11.6 Å². The molecule has 0 N–H and O–H groups in total. The van der Waals surface area contributed by atoms with E-state index in [4.69, 9.17) is 0 Å². The second-order valence-electron chi connectivity index (χ2n) is 3.09. The van der Waals surface area contributed by atoms with Gasteiger partial charge in [-0.15, -0.1) is 0 Å². The van der Waals surface area contributed by atoms with Crippen LogP contribution in [0.3, 0.4) is 0 Å². The first kappa shape index (κ1) is 11.8. The first-order valence-electron chi connectivity index (χ1n) is 3.96. The van der Waals surface area contributed by atoms with Gasteiger partial charge in [0, 0.05) is 6.26 Å². The molecule has 6 heteroatoms. The predicted molar refractivity (Wildman–Crippen MR) is 50.4 cm³/mol. The van der Waals surface area contributed by atoms with Gasteiger partial charge in [-0.25, -0.2) is 17.2 Å². The number of Topliss-reactive ketones (excluding diaryl/α,β-unsaturated/α-hetero) is 1. The fraction of sp³-hybridized carbons (Fsp3) is 0.222. The molecule has 3 nitrogen and oxygen atoms in total. The standard InChI is InChI=1S/C9H8F2O3S/c1-15(13,14)5-8(12)9-6(10)3-2-4-7(9)11/h2-4H,5H2,1H3. The van der Waals surface area contributed by atoms with E-state index in [2.05, 4.69) is 0 Å². The van der Waals surface area contributed by atoms with Gasteiger partial charge in [0.15, 0.2) is 15.6 Å². The maximum atomic E-state index is 13.0. The van der Waals surface area contributed by atoms with E-state index < -0.39 is 38.6 Å². The molecule has 0 amide bonds. The van der Waals surface area contributed by atoms with E-state index in [1.54, 1.807) is 0 Å². The minimum Gasteiger partial charge on any atom is -0.293 e. The molecule has 15 heavy (non-hydrogen) atoms. The minimum atomic E-state index is -3.59. The van der Waals surface area contributed by atoms with Gasteiger partial charge in [0.25, 0.3) is 0 Å². The summed E-state index contributed by atoms with van der Waals surface area (Å²) in [6, 6.07) is 2.90. The van der Waals surface area contributed by atoms with E-state index in [1.165, 1.54) is 0 Å². The Morgan fingerprint density at radius 3 is 2.13 bits per heavy atom. The highest BCUT2D eigenvalue weighted by Crippen LogP contribution is 2.13. The lowest BCUT2D eigenvalue weighted by molar-refractivity contribution is 0.101. The third-order valence-corrected chi connectivity index (χ3v) is 2.42. The molecule has 0 aromatic heterocycles. The first-order chi connectivity index (χ1) is 6.81. The SMILES string of the molecule is CS(=O)(=O)CC(=O)c1c(F)cccc1F. The van der Waals surface area contributed by atoms with Crippen molar-refractivity contribution in [2.45, 2.75) is 0 Å². The Balaban J connectivity index is 3.12. The van der Waals surface area contributed by atoms with E-state index >= 15 is 0 Å². The van der Waals surface area contributed by atoms with Crippen molar-refractivity contribution in [2.24, 2.45) is 0 Å². The number of sulfone groups is 1. The molecule has 0 saturated heterocycles. The fourth-order valence-corrected chi connectivity index (χ4v) is 1.70. The molecule has 0 fully saturated rings. The summed E-state index contributed by atoms with van der Waals surface area (Å²) in [6.45, 7) is 0.